The lowest BCUT2D eigenvalue weighted by atomic mass is 10.1. The maximum absolute atomic E-state index is 12.6. The first-order valence-corrected chi connectivity index (χ1v) is 10.2. The van der Waals surface area contributed by atoms with Crippen LogP contribution in [0.5, 0.6) is 0 Å². The number of fused-ring (bicyclic) bond motifs is 1. The van der Waals surface area contributed by atoms with Gasteiger partial charge in [0.2, 0.25) is 5.91 Å². The third kappa shape index (κ3) is 4.83. The summed E-state index contributed by atoms with van der Waals surface area (Å²) in [5, 5.41) is 6.04. The van der Waals surface area contributed by atoms with Crippen molar-refractivity contribution in [2.24, 2.45) is 0 Å². The van der Waals surface area contributed by atoms with Gasteiger partial charge in [0.1, 0.15) is 10.6 Å². The van der Waals surface area contributed by atoms with Crippen molar-refractivity contribution >= 4 is 40.3 Å². The molecule has 0 radical (unpaired) electrons. The molecule has 3 rings (SSSR count). The molecule has 1 aliphatic heterocycles. The number of nitrogens with one attached hydrogen (secondary N) is 2. The summed E-state index contributed by atoms with van der Waals surface area (Å²) in [7, 11) is 0. The van der Waals surface area contributed by atoms with Crippen LogP contribution in [0, 0.1) is 0 Å². The monoisotopic (exact) mass is 413 g/mol. The molecule has 1 aromatic carbocycles. The Kier molecular flexibility index (Phi) is 6.66. The Morgan fingerprint density at radius 2 is 1.93 bits per heavy atom. The number of hydrogen-bond acceptors (Lipinski definition) is 5. The van der Waals surface area contributed by atoms with E-state index in [2.05, 4.69) is 10.6 Å². The lowest BCUT2D eigenvalue weighted by Gasteiger charge is -2.21. The number of thiophene rings is 1. The predicted octanol–water partition coefficient (Wildman–Crippen LogP) is 3.62. The van der Waals surface area contributed by atoms with Gasteiger partial charge in [0.15, 0.2) is 0 Å². The van der Waals surface area contributed by atoms with Crippen LogP contribution in [-0.4, -0.2) is 36.0 Å². The van der Waals surface area contributed by atoms with Crippen molar-refractivity contribution in [1.29, 1.82) is 0 Å². The smallest absolute Gasteiger partial charge is 0.341 e. The van der Waals surface area contributed by atoms with Crippen molar-refractivity contribution in [3.8, 4) is 0 Å². The fourth-order valence-electron chi connectivity index (χ4n) is 2.99. The molecular weight excluding hydrogens is 390 g/mol. The summed E-state index contributed by atoms with van der Waals surface area (Å²) in [4.78, 5) is 39.6. The van der Waals surface area contributed by atoms with Crippen LogP contribution in [0.2, 0.25) is 0 Å². The van der Waals surface area contributed by atoms with E-state index in [1.807, 2.05) is 37.3 Å². The van der Waals surface area contributed by atoms with Crippen LogP contribution in [0.25, 0.3) is 6.08 Å². The fourth-order valence-corrected chi connectivity index (χ4v) is 4.19. The lowest BCUT2D eigenvalue weighted by Crippen LogP contribution is -2.36. The summed E-state index contributed by atoms with van der Waals surface area (Å²) in [6.07, 6.45) is 3.55. The third-order valence-electron chi connectivity index (χ3n) is 4.29. The van der Waals surface area contributed by atoms with Gasteiger partial charge < -0.3 is 15.4 Å². The number of anilines is 1. The van der Waals surface area contributed by atoms with E-state index in [4.69, 9.17) is 4.74 Å². The van der Waals surface area contributed by atoms with Crippen molar-refractivity contribution in [1.82, 2.24) is 10.2 Å². The van der Waals surface area contributed by atoms with Crippen molar-refractivity contribution < 1.29 is 19.1 Å². The molecule has 0 saturated carbocycles. The number of esters is 1. The van der Waals surface area contributed by atoms with E-state index in [0.29, 0.717) is 29.2 Å². The molecule has 2 aromatic rings. The highest BCUT2D eigenvalue weighted by Gasteiger charge is 2.28. The Hall–Kier alpha value is -3.13. The maximum atomic E-state index is 12.6. The van der Waals surface area contributed by atoms with Crippen LogP contribution < -0.4 is 10.6 Å². The summed E-state index contributed by atoms with van der Waals surface area (Å²) < 4.78 is 5.20. The number of carbonyl (C=O) groups is 3. The van der Waals surface area contributed by atoms with E-state index in [0.717, 1.165) is 10.4 Å². The van der Waals surface area contributed by atoms with Gasteiger partial charge in [-0.3, -0.25) is 9.69 Å². The molecular formula is C21H23N3O4S. The van der Waals surface area contributed by atoms with E-state index >= 15 is 0 Å². The maximum Gasteiger partial charge on any atom is 0.341 e. The number of benzene rings is 1. The summed E-state index contributed by atoms with van der Waals surface area (Å²) in [5.74, 6) is -0.707. The van der Waals surface area contributed by atoms with Crippen LogP contribution >= 0.6 is 11.3 Å². The highest BCUT2D eigenvalue weighted by atomic mass is 32.1. The van der Waals surface area contributed by atoms with Crippen LogP contribution in [0.4, 0.5) is 9.80 Å². The zero-order chi connectivity index (χ0) is 20.8. The second-order valence-electron chi connectivity index (χ2n) is 6.35. The molecule has 1 aromatic heterocycles. The zero-order valence-corrected chi connectivity index (χ0v) is 17.2. The number of rotatable bonds is 6. The van der Waals surface area contributed by atoms with Gasteiger partial charge in [-0.25, -0.2) is 9.59 Å². The van der Waals surface area contributed by atoms with Crippen LogP contribution in [0.1, 0.15) is 40.2 Å². The Bertz CT molecular complexity index is 937. The highest BCUT2D eigenvalue weighted by molar-refractivity contribution is 7.17. The quantitative estimate of drug-likeness (QED) is 0.708. The largest absolute Gasteiger partial charge is 0.462 e. The average molecular weight is 413 g/mol. The number of carbonyl (C=O) groups excluding carboxylic acids is 3. The number of nitrogens with zero attached hydrogens (tertiary/aromatic N) is 1. The minimum Gasteiger partial charge on any atom is -0.462 e. The SMILES string of the molecule is CCNC(=O)N1C=Cc2c(sc(NC(=O)Cc3ccccc3)c2C(=O)OCC)C1. The summed E-state index contributed by atoms with van der Waals surface area (Å²) >= 11 is 1.29. The van der Waals surface area contributed by atoms with Crippen molar-refractivity contribution in [3.05, 3.63) is 58.1 Å². The van der Waals surface area contributed by atoms with Crippen LogP contribution in [0.15, 0.2) is 36.5 Å². The minimum absolute atomic E-state index is 0.201. The summed E-state index contributed by atoms with van der Waals surface area (Å²) in [6.45, 7) is 4.66. The van der Waals surface area contributed by atoms with E-state index in [9.17, 15) is 14.4 Å². The average Bonchev–Trinajstić information content (AvgIpc) is 3.05. The molecule has 3 amide bonds. The molecule has 0 bridgehead atoms. The number of urea groups is 1. The number of hydrogen-bond donors (Lipinski definition) is 2. The first kappa shape index (κ1) is 20.6. The van der Waals surface area contributed by atoms with E-state index in [1.54, 1.807) is 19.2 Å². The van der Waals surface area contributed by atoms with Crippen molar-refractivity contribution in [2.75, 3.05) is 18.5 Å². The van der Waals surface area contributed by atoms with E-state index in [-0.39, 0.29) is 25.0 Å². The zero-order valence-electron chi connectivity index (χ0n) is 16.4. The van der Waals surface area contributed by atoms with E-state index < -0.39 is 5.97 Å². The molecule has 2 N–H and O–H groups in total. The standard InChI is InChI=1S/C21H23N3O4S/c1-3-22-21(27)24-11-10-15-16(13-24)29-19(18(15)20(26)28-4-2)23-17(25)12-14-8-6-5-7-9-14/h5-11H,3-4,12-13H2,1-2H3,(H,22,27)(H,23,25). The topological polar surface area (TPSA) is 87.7 Å². The first-order chi connectivity index (χ1) is 14.0. The molecule has 2 heterocycles. The molecule has 0 atom stereocenters. The minimum atomic E-state index is -0.490. The normalized spacial score (nSPS) is 12.3. The predicted molar refractivity (Wildman–Crippen MR) is 113 cm³/mol. The van der Waals surface area contributed by atoms with Crippen LogP contribution in [-0.2, 0) is 22.5 Å². The summed E-state index contributed by atoms with van der Waals surface area (Å²) in [5.41, 5.74) is 1.90. The van der Waals surface area contributed by atoms with Gasteiger partial charge in [0, 0.05) is 23.2 Å². The molecule has 0 unspecified atom stereocenters. The molecule has 7 nitrogen and oxygen atoms in total. The number of amides is 3. The fraction of sp³-hybridized carbons (Fsp3) is 0.286. The highest BCUT2D eigenvalue weighted by Crippen LogP contribution is 2.38. The third-order valence-corrected chi connectivity index (χ3v) is 5.39. The number of ether oxygens (including phenoxy) is 1. The van der Waals surface area contributed by atoms with Gasteiger partial charge in [-0.05, 0) is 25.5 Å². The van der Waals surface area contributed by atoms with E-state index in [1.165, 1.54) is 16.2 Å². The van der Waals surface area contributed by atoms with Gasteiger partial charge >= 0.3 is 12.0 Å². The molecule has 1 aliphatic rings. The Labute approximate surface area is 173 Å². The molecule has 152 valence electrons. The van der Waals surface area contributed by atoms with Gasteiger partial charge in [0.05, 0.1) is 19.6 Å². The van der Waals surface area contributed by atoms with Crippen LogP contribution in [0.3, 0.4) is 0 Å². The second kappa shape index (κ2) is 9.38. The Morgan fingerprint density at radius 1 is 1.17 bits per heavy atom. The van der Waals surface area contributed by atoms with Gasteiger partial charge in [-0.1, -0.05) is 30.3 Å². The molecule has 8 heteroatoms. The molecule has 0 spiro atoms. The molecule has 0 saturated heterocycles. The van der Waals surface area contributed by atoms with Crippen molar-refractivity contribution in [3.63, 3.8) is 0 Å². The van der Waals surface area contributed by atoms with Gasteiger partial charge in [0.25, 0.3) is 0 Å². The molecule has 0 aliphatic carbocycles. The Balaban J connectivity index is 1.85. The van der Waals surface area contributed by atoms with Gasteiger partial charge in [-0.15, -0.1) is 11.3 Å². The second-order valence-corrected chi connectivity index (χ2v) is 7.46. The summed E-state index contributed by atoms with van der Waals surface area (Å²) in [6, 6.07) is 9.17. The molecule has 0 fully saturated rings. The van der Waals surface area contributed by atoms with Gasteiger partial charge in [-0.2, -0.15) is 0 Å². The Morgan fingerprint density at radius 3 is 2.62 bits per heavy atom. The van der Waals surface area contributed by atoms with Crippen molar-refractivity contribution in [2.45, 2.75) is 26.8 Å². The lowest BCUT2D eigenvalue weighted by molar-refractivity contribution is -0.115. The first-order valence-electron chi connectivity index (χ1n) is 9.42. The molecule has 29 heavy (non-hydrogen) atoms.